The lowest BCUT2D eigenvalue weighted by atomic mass is 10.1. The fraction of sp³-hybridized carbons (Fsp3) is 0.261. The highest BCUT2D eigenvalue weighted by Crippen LogP contribution is 2.23. The van der Waals surface area contributed by atoms with E-state index in [0.29, 0.717) is 10.6 Å². The highest BCUT2D eigenvalue weighted by atomic mass is 35.5. The van der Waals surface area contributed by atoms with Crippen LogP contribution in [0.4, 0.5) is 0 Å². The quantitative estimate of drug-likeness (QED) is 0.605. The molecule has 144 valence electrons. The van der Waals surface area contributed by atoms with Gasteiger partial charge in [0.05, 0.1) is 0 Å². The summed E-state index contributed by atoms with van der Waals surface area (Å²) in [4.78, 5) is 16.7. The van der Waals surface area contributed by atoms with Gasteiger partial charge in [-0.25, -0.2) is 4.79 Å². The fourth-order valence-corrected chi connectivity index (χ4v) is 3.78. The van der Waals surface area contributed by atoms with Gasteiger partial charge in [0, 0.05) is 55.7 Å². The number of nitrogens with zero attached hydrogens (tertiary/aromatic N) is 2. The Kier molecular flexibility index (Phi) is 5.91. The Balaban J connectivity index is 1.36. The summed E-state index contributed by atoms with van der Waals surface area (Å²) in [5.41, 5.74) is 2.49. The van der Waals surface area contributed by atoms with Crippen LogP contribution in [-0.2, 0) is 6.54 Å². The minimum atomic E-state index is -0.311. The monoisotopic (exact) mass is 394 g/mol. The van der Waals surface area contributed by atoms with E-state index in [0.717, 1.165) is 50.2 Å². The first-order chi connectivity index (χ1) is 13.7. The predicted molar refractivity (Wildman–Crippen MR) is 115 cm³/mol. The molecule has 0 bridgehead atoms. The average Bonchev–Trinajstić information content (AvgIpc) is 2.71. The summed E-state index contributed by atoms with van der Waals surface area (Å²) in [6.45, 7) is 5.66. The van der Waals surface area contributed by atoms with Crippen molar-refractivity contribution < 1.29 is 4.42 Å². The Morgan fingerprint density at radius 1 is 0.964 bits per heavy atom. The van der Waals surface area contributed by atoms with Gasteiger partial charge in [0.2, 0.25) is 0 Å². The van der Waals surface area contributed by atoms with Gasteiger partial charge >= 0.3 is 5.63 Å². The molecule has 0 amide bonds. The van der Waals surface area contributed by atoms with E-state index in [1.807, 2.05) is 12.1 Å². The van der Waals surface area contributed by atoms with Gasteiger partial charge in [-0.3, -0.25) is 9.80 Å². The van der Waals surface area contributed by atoms with Crippen LogP contribution in [0.1, 0.15) is 11.1 Å². The summed E-state index contributed by atoms with van der Waals surface area (Å²) in [5.74, 6) is 0. The van der Waals surface area contributed by atoms with Crippen molar-refractivity contribution in [2.75, 3.05) is 32.7 Å². The maximum absolute atomic E-state index is 11.9. The van der Waals surface area contributed by atoms with Crippen molar-refractivity contribution in [3.8, 4) is 0 Å². The molecule has 1 aliphatic rings. The summed E-state index contributed by atoms with van der Waals surface area (Å²) in [7, 11) is 0. The summed E-state index contributed by atoms with van der Waals surface area (Å²) >= 11 is 6.14. The minimum absolute atomic E-state index is 0.311. The number of hydrogen-bond acceptors (Lipinski definition) is 4. The third kappa shape index (κ3) is 4.71. The van der Waals surface area contributed by atoms with E-state index >= 15 is 0 Å². The molecule has 5 heteroatoms. The molecule has 0 spiro atoms. The smallest absolute Gasteiger partial charge is 0.336 e. The molecule has 0 radical (unpaired) electrons. The summed E-state index contributed by atoms with van der Waals surface area (Å²) in [5, 5.41) is 1.57. The normalized spacial score (nSPS) is 16.2. The van der Waals surface area contributed by atoms with E-state index in [4.69, 9.17) is 16.0 Å². The largest absolute Gasteiger partial charge is 0.423 e. The third-order valence-corrected chi connectivity index (χ3v) is 5.36. The van der Waals surface area contributed by atoms with Crippen LogP contribution < -0.4 is 5.63 Å². The first-order valence-corrected chi connectivity index (χ1v) is 9.94. The van der Waals surface area contributed by atoms with E-state index in [-0.39, 0.29) is 5.63 Å². The molecular weight excluding hydrogens is 372 g/mol. The number of benzene rings is 2. The summed E-state index contributed by atoms with van der Waals surface area (Å²) in [6.07, 6.45) is 4.40. The highest BCUT2D eigenvalue weighted by molar-refractivity contribution is 6.31. The Labute approximate surface area is 169 Å². The second kappa shape index (κ2) is 8.74. The molecule has 0 unspecified atom stereocenters. The van der Waals surface area contributed by atoms with Crippen LogP contribution in [0.3, 0.4) is 0 Å². The van der Waals surface area contributed by atoms with Gasteiger partial charge in [-0.2, -0.15) is 0 Å². The van der Waals surface area contributed by atoms with Crippen molar-refractivity contribution in [2.24, 2.45) is 0 Å². The molecule has 3 aromatic rings. The van der Waals surface area contributed by atoms with Crippen molar-refractivity contribution in [2.45, 2.75) is 6.54 Å². The van der Waals surface area contributed by atoms with Crippen LogP contribution in [0.5, 0.6) is 0 Å². The zero-order valence-electron chi connectivity index (χ0n) is 15.7. The summed E-state index contributed by atoms with van der Waals surface area (Å²) < 4.78 is 5.30. The van der Waals surface area contributed by atoms with Crippen LogP contribution in [0.25, 0.3) is 17.0 Å². The van der Waals surface area contributed by atoms with Crippen molar-refractivity contribution in [1.29, 1.82) is 0 Å². The van der Waals surface area contributed by atoms with Gasteiger partial charge in [0.1, 0.15) is 5.58 Å². The highest BCUT2D eigenvalue weighted by Gasteiger charge is 2.17. The molecule has 0 N–H and O–H groups in total. The molecule has 4 rings (SSSR count). The average molecular weight is 395 g/mol. The summed E-state index contributed by atoms with van der Waals surface area (Å²) in [6, 6.07) is 17.3. The van der Waals surface area contributed by atoms with Crippen LogP contribution in [0.2, 0.25) is 5.02 Å². The lowest BCUT2D eigenvalue weighted by molar-refractivity contribution is 0.137. The Hall–Kier alpha value is -2.40. The lowest BCUT2D eigenvalue weighted by Crippen LogP contribution is -2.45. The zero-order chi connectivity index (χ0) is 19.3. The van der Waals surface area contributed by atoms with Crippen LogP contribution >= 0.6 is 11.6 Å². The van der Waals surface area contributed by atoms with E-state index in [9.17, 15) is 4.79 Å². The second-order valence-corrected chi connectivity index (χ2v) is 7.56. The zero-order valence-corrected chi connectivity index (χ0v) is 16.4. The number of hydrogen-bond donors (Lipinski definition) is 0. The predicted octanol–water partition coefficient (Wildman–Crippen LogP) is 4.28. The molecule has 1 aromatic heterocycles. The van der Waals surface area contributed by atoms with Crippen molar-refractivity contribution in [1.82, 2.24) is 9.80 Å². The molecule has 1 fully saturated rings. The van der Waals surface area contributed by atoms with E-state index in [2.05, 4.69) is 46.2 Å². The lowest BCUT2D eigenvalue weighted by Gasteiger charge is -2.34. The van der Waals surface area contributed by atoms with E-state index in [1.54, 1.807) is 18.2 Å². The van der Waals surface area contributed by atoms with Gasteiger partial charge < -0.3 is 4.42 Å². The maximum atomic E-state index is 11.9. The topological polar surface area (TPSA) is 36.7 Å². The van der Waals surface area contributed by atoms with E-state index < -0.39 is 0 Å². The molecule has 0 atom stereocenters. The van der Waals surface area contributed by atoms with Crippen molar-refractivity contribution in [3.05, 3.63) is 87.2 Å². The Bertz CT molecular complexity index is 1020. The molecule has 0 saturated carbocycles. The van der Waals surface area contributed by atoms with Gasteiger partial charge in [-0.15, -0.1) is 0 Å². The van der Waals surface area contributed by atoms with Gasteiger partial charge in [0.25, 0.3) is 0 Å². The molecule has 4 nitrogen and oxygen atoms in total. The molecule has 0 aliphatic carbocycles. The number of halogens is 1. The third-order valence-electron chi connectivity index (χ3n) is 5.12. The molecule has 28 heavy (non-hydrogen) atoms. The molecular formula is C23H23ClN2O2. The SMILES string of the molecule is O=c1cc(CN2CCN(CC=Cc3ccccc3)CC2)c2cc(Cl)ccc2o1. The van der Waals surface area contributed by atoms with Crippen LogP contribution in [0.15, 0.2) is 69.9 Å². The number of rotatable bonds is 5. The number of fused-ring (bicyclic) bond motifs is 1. The van der Waals surface area contributed by atoms with Gasteiger partial charge in [-0.05, 0) is 29.3 Å². The van der Waals surface area contributed by atoms with Gasteiger partial charge in [-0.1, -0.05) is 54.1 Å². The van der Waals surface area contributed by atoms with Crippen molar-refractivity contribution >= 4 is 28.6 Å². The Morgan fingerprint density at radius 2 is 1.71 bits per heavy atom. The first kappa shape index (κ1) is 18.9. The molecule has 2 heterocycles. The second-order valence-electron chi connectivity index (χ2n) is 7.12. The Morgan fingerprint density at radius 3 is 2.50 bits per heavy atom. The fourth-order valence-electron chi connectivity index (χ4n) is 3.60. The number of piperazine rings is 1. The van der Waals surface area contributed by atoms with Crippen LogP contribution in [-0.4, -0.2) is 42.5 Å². The molecule has 2 aromatic carbocycles. The molecule has 1 aliphatic heterocycles. The first-order valence-electron chi connectivity index (χ1n) is 9.56. The standard InChI is InChI=1S/C23H23ClN2O2/c24-20-8-9-22-21(16-20)19(15-23(27)28-22)17-26-13-11-25(12-14-26)10-4-7-18-5-2-1-3-6-18/h1-9,15-16H,10-14,17H2. The minimum Gasteiger partial charge on any atom is -0.423 e. The van der Waals surface area contributed by atoms with Crippen molar-refractivity contribution in [3.63, 3.8) is 0 Å². The van der Waals surface area contributed by atoms with E-state index in [1.165, 1.54) is 5.56 Å². The maximum Gasteiger partial charge on any atom is 0.336 e. The molecule has 1 saturated heterocycles. The van der Waals surface area contributed by atoms with Crippen LogP contribution in [0, 0.1) is 0 Å². The van der Waals surface area contributed by atoms with Gasteiger partial charge in [0.15, 0.2) is 0 Å².